The second kappa shape index (κ2) is 7.72. The van der Waals surface area contributed by atoms with Crippen LogP contribution < -0.4 is 5.32 Å². The highest BCUT2D eigenvalue weighted by Crippen LogP contribution is 2.38. The van der Waals surface area contributed by atoms with E-state index in [1.807, 2.05) is 0 Å². The minimum atomic E-state index is -4.44. The molecular weight excluding hydrogens is 413 g/mol. The molecule has 7 nitrogen and oxygen atoms in total. The molecule has 1 aliphatic carbocycles. The van der Waals surface area contributed by atoms with Crippen molar-refractivity contribution in [1.82, 2.24) is 20.0 Å². The van der Waals surface area contributed by atoms with Crippen LogP contribution in [0.25, 0.3) is 0 Å². The van der Waals surface area contributed by atoms with Gasteiger partial charge in [0.25, 0.3) is 5.91 Å². The fourth-order valence-corrected chi connectivity index (χ4v) is 4.85. The molecule has 168 valence electrons. The van der Waals surface area contributed by atoms with E-state index in [4.69, 9.17) is 0 Å². The number of alkyl halides is 3. The Labute approximate surface area is 178 Å². The van der Waals surface area contributed by atoms with Gasteiger partial charge < -0.3 is 20.0 Å². The average Bonchev–Trinajstić information content (AvgIpc) is 3.23. The van der Waals surface area contributed by atoms with E-state index in [0.717, 1.165) is 37.8 Å². The molecule has 0 unspecified atom stereocenters. The van der Waals surface area contributed by atoms with E-state index in [1.54, 1.807) is 4.90 Å². The van der Waals surface area contributed by atoms with Crippen LogP contribution in [0.15, 0.2) is 24.3 Å². The first-order valence-electron chi connectivity index (χ1n) is 10.4. The lowest BCUT2D eigenvalue weighted by Gasteiger charge is -2.58. The van der Waals surface area contributed by atoms with Crippen molar-refractivity contribution in [3.8, 4) is 0 Å². The summed E-state index contributed by atoms with van der Waals surface area (Å²) in [5, 5.41) is 2.52. The molecule has 1 saturated carbocycles. The zero-order valence-corrected chi connectivity index (χ0v) is 17.2. The van der Waals surface area contributed by atoms with Crippen LogP contribution in [0.1, 0.15) is 36.8 Å². The summed E-state index contributed by atoms with van der Waals surface area (Å²) in [6.45, 7) is 0.122. The SMILES string of the molecule is CNC(=O)N1CC2(C1)C(=O)N(C1CCCC1)CC(=O)N2Cc1ccc(C(F)(F)F)cc1. The summed E-state index contributed by atoms with van der Waals surface area (Å²) in [6, 6.07) is 4.29. The Balaban J connectivity index is 1.60. The lowest BCUT2D eigenvalue weighted by molar-refractivity contribution is -0.178. The van der Waals surface area contributed by atoms with Crippen LogP contribution in [0, 0.1) is 0 Å². The third-order valence-electron chi connectivity index (χ3n) is 6.58. The quantitative estimate of drug-likeness (QED) is 0.787. The molecule has 0 radical (unpaired) electrons. The van der Waals surface area contributed by atoms with Crippen LogP contribution in [-0.4, -0.2) is 70.8 Å². The molecule has 10 heteroatoms. The number of carbonyl (C=O) groups excluding carboxylic acids is 3. The molecule has 2 heterocycles. The molecule has 3 fully saturated rings. The molecule has 1 aromatic carbocycles. The van der Waals surface area contributed by atoms with Crippen molar-refractivity contribution in [1.29, 1.82) is 0 Å². The number of halogens is 3. The van der Waals surface area contributed by atoms with Gasteiger partial charge >= 0.3 is 12.2 Å². The van der Waals surface area contributed by atoms with Gasteiger partial charge in [-0.25, -0.2) is 4.79 Å². The fourth-order valence-electron chi connectivity index (χ4n) is 4.85. The molecule has 4 rings (SSSR count). The minimum Gasteiger partial charge on any atom is -0.341 e. The van der Waals surface area contributed by atoms with Gasteiger partial charge in [-0.3, -0.25) is 9.59 Å². The Morgan fingerprint density at radius 3 is 2.29 bits per heavy atom. The van der Waals surface area contributed by atoms with Crippen LogP contribution in [-0.2, 0) is 22.3 Å². The number of hydrogen-bond donors (Lipinski definition) is 1. The summed E-state index contributed by atoms with van der Waals surface area (Å²) < 4.78 is 38.6. The van der Waals surface area contributed by atoms with E-state index in [9.17, 15) is 27.6 Å². The lowest BCUT2D eigenvalue weighted by Crippen LogP contribution is -2.82. The molecule has 2 aliphatic heterocycles. The van der Waals surface area contributed by atoms with Gasteiger partial charge in [0.05, 0.1) is 18.7 Å². The van der Waals surface area contributed by atoms with E-state index in [2.05, 4.69) is 5.32 Å². The summed E-state index contributed by atoms with van der Waals surface area (Å²) in [5.41, 5.74) is -1.44. The normalized spacial score (nSPS) is 21.6. The summed E-state index contributed by atoms with van der Waals surface area (Å²) in [7, 11) is 1.49. The van der Waals surface area contributed by atoms with Crippen LogP contribution in [0.2, 0.25) is 0 Å². The minimum absolute atomic E-state index is 0.0167. The number of piperazine rings is 1. The molecule has 1 N–H and O–H groups in total. The number of rotatable bonds is 3. The van der Waals surface area contributed by atoms with Crippen LogP contribution >= 0.6 is 0 Å². The highest BCUT2D eigenvalue weighted by atomic mass is 19.4. The van der Waals surface area contributed by atoms with E-state index in [0.29, 0.717) is 5.56 Å². The second-order valence-corrected chi connectivity index (χ2v) is 8.49. The predicted octanol–water partition coefficient (Wildman–Crippen LogP) is 2.21. The van der Waals surface area contributed by atoms with Gasteiger partial charge in [-0.15, -0.1) is 0 Å². The van der Waals surface area contributed by atoms with E-state index in [-0.39, 0.29) is 50.1 Å². The van der Waals surface area contributed by atoms with Crippen molar-refractivity contribution in [3.63, 3.8) is 0 Å². The van der Waals surface area contributed by atoms with Gasteiger partial charge in [-0.05, 0) is 30.5 Å². The van der Waals surface area contributed by atoms with Crippen molar-refractivity contribution >= 4 is 17.8 Å². The Hall–Kier alpha value is -2.78. The van der Waals surface area contributed by atoms with Gasteiger partial charge in [0.2, 0.25) is 5.91 Å². The van der Waals surface area contributed by atoms with E-state index < -0.39 is 17.3 Å². The summed E-state index contributed by atoms with van der Waals surface area (Å²) in [5.74, 6) is -0.422. The first-order chi connectivity index (χ1) is 14.7. The van der Waals surface area contributed by atoms with Gasteiger partial charge in [0, 0.05) is 19.6 Å². The lowest BCUT2D eigenvalue weighted by atomic mass is 9.82. The zero-order chi connectivity index (χ0) is 22.4. The van der Waals surface area contributed by atoms with E-state index in [1.165, 1.54) is 29.0 Å². The Kier molecular flexibility index (Phi) is 5.35. The largest absolute Gasteiger partial charge is 0.416 e. The maximum atomic E-state index is 13.5. The van der Waals surface area contributed by atoms with Crippen molar-refractivity contribution in [3.05, 3.63) is 35.4 Å². The molecule has 31 heavy (non-hydrogen) atoms. The number of nitrogens with zero attached hydrogens (tertiary/aromatic N) is 3. The maximum absolute atomic E-state index is 13.5. The van der Waals surface area contributed by atoms with E-state index >= 15 is 0 Å². The predicted molar refractivity (Wildman–Crippen MR) is 105 cm³/mol. The molecule has 0 bridgehead atoms. The Bertz CT molecular complexity index is 875. The summed E-state index contributed by atoms with van der Waals surface area (Å²) >= 11 is 0. The molecule has 2 saturated heterocycles. The van der Waals surface area contributed by atoms with Crippen LogP contribution in [0.5, 0.6) is 0 Å². The number of nitrogens with one attached hydrogen (secondary N) is 1. The monoisotopic (exact) mass is 438 g/mol. The number of urea groups is 1. The first kappa shape index (κ1) is 21.5. The number of benzene rings is 1. The standard InChI is InChI=1S/C21H25F3N4O3/c1-25-19(31)26-12-20(13-26)18(30)27(16-4-2-3-5-16)11-17(29)28(20)10-14-6-8-15(9-7-14)21(22,23)24/h6-9,16H,2-5,10-13H2,1H3,(H,25,31). The summed E-state index contributed by atoms with van der Waals surface area (Å²) in [6.07, 6.45) is -0.717. The van der Waals surface area contributed by atoms with Gasteiger partial charge in [0.15, 0.2) is 5.54 Å². The Morgan fingerprint density at radius 2 is 1.74 bits per heavy atom. The highest BCUT2D eigenvalue weighted by molar-refractivity contribution is 6.00. The third-order valence-corrected chi connectivity index (χ3v) is 6.58. The average molecular weight is 438 g/mol. The van der Waals surface area contributed by atoms with Crippen molar-refractivity contribution in [2.45, 2.75) is 50.0 Å². The molecular formula is C21H25F3N4O3. The smallest absolute Gasteiger partial charge is 0.341 e. The fraction of sp³-hybridized carbons (Fsp3) is 0.571. The number of hydrogen-bond acceptors (Lipinski definition) is 3. The molecule has 1 spiro atoms. The third kappa shape index (κ3) is 3.72. The van der Waals surface area contributed by atoms with Crippen molar-refractivity contribution in [2.24, 2.45) is 0 Å². The molecule has 0 aromatic heterocycles. The van der Waals surface area contributed by atoms with Crippen LogP contribution in [0.4, 0.5) is 18.0 Å². The summed E-state index contributed by atoms with van der Waals surface area (Å²) in [4.78, 5) is 43.2. The molecule has 0 atom stereocenters. The topological polar surface area (TPSA) is 73.0 Å². The second-order valence-electron chi connectivity index (χ2n) is 8.49. The maximum Gasteiger partial charge on any atom is 0.416 e. The highest BCUT2D eigenvalue weighted by Gasteiger charge is 2.61. The van der Waals surface area contributed by atoms with Gasteiger partial charge in [0.1, 0.15) is 6.54 Å². The number of likely N-dealkylation sites (tertiary alicyclic amines) is 1. The first-order valence-corrected chi connectivity index (χ1v) is 10.4. The van der Waals surface area contributed by atoms with Gasteiger partial charge in [-0.2, -0.15) is 13.2 Å². The van der Waals surface area contributed by atoms with Crippen LogP contribution in [0.3, 0.4) is 0 Å². The number of amides is 4. The van der Waals surface area contributed by atoms with Crippen molar-refractivity contribution in [2.75, 3.05) is 26.7 Å². The molecule has 4 amide bonds. The Morgan fingerprint density at radius 1 is 1.13 bits per heavy atom. The number of carbonyl (C=O) groups is 3. The molecule has 3 aliphatic rings. The molecule has 1 aromatic rings. The van der Waals surface area contributed by atoms with Gasteiger partial charge in [-0.1, -0.05) is 25.0 Å². The zero-order valence-electron chi connectivity index (χ0n) is 17.2. The van der Waals surface area contributed by atoms with Crippen molar-refractivity contribution < 1.29 is 27.6 Å².